The highest BCUT2D eigenvalue weighted by molar-refractivity contribution is 6.50. The number of hydrogen-bond acceptors (Lipinski definition) is 5. The molecule has 0 N–H and O–H groups in total. The first-order valence-corrected chi connectivity index (χ1v) is 3.28. The van der Waals surface area contributed by atoms with Gasteiger partial charge in [-0.1, -0.05) is 0 Å². The van der Waals surface area contributed by atoms with Crippen molar-refractivity contribution in [3.8, 4) is 0 Å². The number of allylic oxidation sites excluding steroid dienone is 1. The van der Waals surface area contributed by atoms with Crippen LogP contribution < -0.4 is 0 Å². The van der Waals surface area contributed by atoms with Gasteiger partial charge in [0, 0.05) is 0 Å². The third-order valence-corrected chi connectivity index (χ3v) is 1.54. The predicted octanol–water partition coefficient (Wildman–Crippen LogP) is -0.431. The van der Waals surface area contributed by atoms with Crippen molar-refractivity contribution >= 4 is 24.2 Å². The van der Waals surface area contributed by atoms with Crippen LogP contribution in [0.1, 0.15) is 0 Å². The molecule has 2 rings (SSSR count). The first-order chi connectivity index (χ1) is 6.20. The number of nitrogens with zero attached hydrogens (tertiary/aromatic N) is 4. The Kier molecular flexibility index (Phi) is 1.38. The first-order valence-electron chi connectivity index (χ1n) is 3.28. The Hall–Kier alpha value is -2.18. The molecule has 0 aromatic rings. The first kappa shape index (κ1) is 7.47. The van der Waals surface area contributed by atoms with E-state index in [1.165, 1.54) is 0 Å². The van der Waals surface area contributed by atoms with Crippen LogP contribution in [-0.2, 0) is 4.79 Å². The summed E-state index contributed by atoms with van der Waals surface area (Å²) >= 11 is 0. The minimum atomic E-state index is -0.649. The molecule has 7 nitrogen and oxygen atoms in total. The van der Waals surface area contributed by atoms with E-state index in [0.717, 1.165) is 12.6 Å². The van der Waals surface area contributed by atoms with Crippen LogP contribution >= 0.6 is 0 Å². The molecule has 64 valence electrons. The smallest absolute Gasteiger partial charge is 0.265 e. The van der Waals surface area contributed by atoms with Crippen LogP contribution in [0.4, 0.5) is 0 Å². The van der Waals surface area contributed by atoms with Gasteiger partial charge in [0.1, 0.15) is 12.6 Å². The Labute approximate surface area is 71.4 Å². The van der Waals surface area contributed by atoms with Gasteiger partial charge in [-0.2, -0.15) is 0 Å². The molecule has 2 aliphatic heterocycles. The summed E-state index contributed by atoms with van der Waals surface area (Å²) < 4.78 is 0. The molecule has 1 amide bonds. The SMILES string of the molecule is O=C1N=CC([N+](=O)[O-])=C2N=CN=C12. The summed E-state index contributed by atoms with van der Waals surface area (Å²) in [5, 5.41) is 10.4. The van der Waals surface area contributed by atoms with Crippen molar-refractivity contribution in [3.63, 3.8) is 0 Å². The summed E-state index contributed by atoms with van der Waals surface area (Å²) in [7, 11) is 0. The maximum absolute atomic E-state index is 11.0. The number of hydrogen-bond donors (Lipinski definition) is 0. The second-order valence-corrected chi connectivity index (χ2v) is 2.28. The average molecular weight is 178 g/mol. The van der Waals surface area contributed by atoms with Crippen LogP contribution in [0.2, 0.25) is 0 Å². The van der Waals surface area contributed by atoms with E-state index < -0.39 is 10.8 Å². The van der Waals surface area contributed by atoms with E-state index >= 15 is 0 Å². The minimum Gasteiger partial charge on any atom is -0.265 e. The van der Waals surface area contributed by atoms with Gasteiger partial charge in [0.15, 0.2) is 11.4 Å². The number of dihydropyridines is 1. The molecular weight excluding hydrogens is 176 g/mol. The van der Waals surface area contributed by atoms with Gasteiger partial charge < -0.3 is 0 Å². The molecule has 2 aliphatic rings. The van der Waals surface area contributed by atoms with Gasteiger partial charge in [-0.25, -0.2) is 15.0 Å². The summed E-state index contributed by atoms with van der Waals surface area (Å²) in [4.78, 5) is 31.2. The molecule has 0 unspecified atom stereocenters. The molecule has 0 aromatic carbocycles. The zero-order valence-corrected chi connectivity index (χ0v) is 6.17. The lowest BCUT2D eigenvalue weighted by Crippen LogP contribution is -2.21. The van der Waals surface area contributed by atoms with Crippen molar-refractivity contribution in [2.45, 2.75) is 0 Å². The Balaban J connectivity index is 2.60. The lowest BCUT2D eigenvalue weighted by molar-refractivity contribution is -0.415. The third-order valence-electron chi connectivity index (χ3n) is 1.54. The van der Waals surface area contributed by atoms with Gasteiger partial charge in [-0.05, 0) is 0 Å². The number of rotatable bonds is 1. The average Bonchev–Trinajstić information content (AvgIpc) is 2.53. The Morgan fingerprint density at radius 2 is 2.15 bits per heavy atom. The lowest BCUT2D eigenvalue weighted by atomic mass is 10.2. The van der Waals surface area contributed by atoms with Crippen molar-refractivity contribution in [2.75, 3.05) is 0 Å². The fraction of sp³-hybridized carbons (Fsp3) is 0. The van der Waals surface area contributed by atoms with Crippen LogP contribution in [0.15, 0.2) is 26.4 Å². The highest BCUT2D eigenvalue weighted by Gasteiger charge is 2.31. The molecule has 0 atom stereocenters. The van der Waals surface area contributed by atoms with Crippen LogP contribution in [-0.4, -0.2) is 29.1 Å². The van der Waals surface area contributed by atoms with Crippen LogP contribution in [0, 0.1) is 10.1 Å². The molecule has 0 saturated carbocycles. The van der Waals surface area contributed by atoms with E-state index in [4.69, 9.17) is 0 Å². The molecule has 0 spiro atoms. The second-order valence-electron chi connectivity index (χ2n) is 2.28. The van der Waals surface area contributed by atoms with Crippen molar-refractivity contribution < 1.29 is 9.72 Å². The molecule has 0 fully saturated rings. The number of nitro groups is 1. The highest BCUT2D eigenvalue weighted by atomic mass is 16.6. The molecule has 13 heavy (non-hydrogen) atoms. The number of carbonyl (C=O) groups excluding carboxylic acids is 1. The highest BCUT2D eigenvalue weighted by Crippen LogP contribution is 2.16. The minimum absolute atomic E-state index is 0.00926. The van der Waals surface area contributed by atoms with E-state index in [1.807, 2.05) is 0 Å². The van der Waals surface area contributed by atoms with Crippen molar-refractivity contribution in [1.82, 2.24) is 0 Å². The zero-order chi connectivity index (χ0) is 9.42. The van der Waals surface area contributed by atoms with Crippen molar-refractivity contribution in [1.29, 1.82) is 0 Å². The van der Waals surface area contributed by atoms with E-state index in [1.54, 1.807) is 0 Å². The van der Waals surface area contributed by atoms with Gasteiger partial charge in [0.05, 0.1) is 4.92 Å². The molecule has 2 heterocycles. The van der Waals surface area contributed by atoms with E-state index in [0.29, 0.717) is 0 Å². The van der Waals surface area contributed by atoms with Crippen LogP contribution in [0.5, 0.6) is 0 Å². The molecule has 0 saturated heterocycles. The molecule has 0 aliphatic carbocycles. The third kappa shape index (κ3) is 0.975. The molecule has 0 radical (unpaired) electrons. The number of fused-ring (bicyclic) bond motifs is 1. The topological polar surface area (TPSA) is 97.3 Å². The van der Waals surface area contributed by atoms with Crippen molar-refractivity contribution in [2.24, 2.45) is 15.0 Å². The summed E-state index contributed by atoms with van der Waals surface area (Å²) in [6.45, 7) is 0. The zero-order valence-electron chi connectivity index (χ0n) is 6.17. The summed E-state index contributed by atoms with van der Waals surface area (Å²) in [6.07, 6.45) is 1.99. The van der Waals surface area contributed by atoms with E-state index in [-0.39, 0.29) is 17.1 Å². The second kappa shape index (κ2) is 2.41. The van der Waals surface area contributed by atoms with Crippen LogP contribution in [0.25, 0.3) is 0 Å². The maximum atomic E-state index is 11.0. The van der Waals surface area contributed by atoms with Gasteiger partial charge in [-0.15, -0.1) is 0 Å². The number of carbonyl (C=O) groups is 1. The van der Waals surface area contributed by atoms with Gasteiger partial charge >= 0.3 is 5.70 Å². The largest absolute Gasteiger partial charge is 0.315 e. The summed E-state index contributed by atoms with van der Waals surface area (Å²) in [6, 6.07) is 0. The molecule has 7 heteroatoms. The lowest BCUT2D eigenvalue weighted by Gasteiger charge is -2.01. The molecule has 0 aromatic heterocycles. The molecule has 0 bridgehead atoms. The molecular formula is C6H2N4O3. The normalized spacial score (nSPS) is 19.1. The Bertz CT molecular complexity index is 429. The van der Waals surface area contributed by atoms with Gasteiger partial charge in [0.2, 0.25) is 0 Å². The number of amides is 1. The Morgan fingerprint density at radius 3 is 2.85 bits per heavy atom. The maximum Gasteiger partial charge on any atom is 0.315 e. The quantitative estimate of drug-likeness (QED) is 0.402. The van der Waals surface area contributed by atoms with Crippen LogP contribution in [0.3, 0.4) is 0 Å². The van der Waals surface area contributed by atoms with Gasteiger partial charge in [0.25, 0.3) is 5.91 Å². The Morgan fingerprint density at radius 1 is 1.38 bits per heavy atom. The summed E-state index contributed by atoms with van der Waals surface area (Å²) in [5.41, 5.74) is -0.369. The monoisotopic (exact) mass is 178 g/mol. The fourth-order valence-corrected chi connectivity index (χ4v) is 0.986. The van der Waals surface area contributed by atoms with Gasteiger partial charge in [-0.3, -0.25) is 14.9 Å². The van der Waals surface area contributed by atoms with E-state index in [2.05, 4.69) is 15.0 Å². The summed E-state index contributed by atoms with van der Waals surface area (Å²) in [5.74, 6) is -0.599. The predicted molar refractivity (Wildman–Crippen MR) is 43.4 cm³/mol. The standard InChI is InChI=1S/C6H2N4O3/c11-6-5-4(8-2-9-5)3(1-7-6)10(12)13/h1-2H. The van der Waals surface area contributed by atoms with E-state index in [9.17, 15) is 14.9 Å². The fourth-order valence-electron chi connectivity index (χ4n) is 0.986. The number of aliphatic imine (C=N–C) groups is 3. The van der Waals surface area contributed by atoms with Crippen molar-refractivity contribution in [3.05, 3.63) is 21.5 Å².